The Balaban J connectivity index is 1.69. The Labute approximate surface area is 126 Å². The van der Waals surface area contributed by atoms with Crippen LogP contribution < -0.4 is 0 Å². The van der Waals surface area contributed by atoms with Crippen molar-refractivity contribution in [3.05, 3.63) is 12.2 Å². The molecule has 2 fully saturated rings. The van der Waals surface area contributed by atoms with Gasteiger partial charge in [-0.15, -0.1) is 0 Å². The van der Waals surface area contributed by atoms with Crippen molar-refractivity contribution < 1.29 is 8.85 Å². The van der Waals surface area contributed by atoms with Crippen LogP contribution in [0.3, 0.4) is 0 Å². The van der Waals surface area contributed by atoms with Crippen molar-refractivity contribution in [2.24, 2.45) is 5.92 Å². The highest BCUT2D eigenvalue weighted by Crippen LogP contribution is 2.32. The Morgan fingerprint density at radius 1 is 0.900 bits per heavy atom. The van der Waals surface area contributed by atoms with Crippen LogP contribution in [0.15, 0.2) is 12.2 Å². The zero-order valence-corrected chi connectivity index (χ0v) is 14.3. The summed E-state index contributed by atoms with van der Waals surface area (Å²) in [7, 11) is -1.44. The maximum Gasteiger partial charge on any atom is 0.324 e. The van der Waals surface area contributed by atoms with Crippen molar-refractivity contribution in [1.29, 1.82) is 0 Å². The molecule has 2 aliphatic rings. The molecule has 0 aromatic carbocycles. The molecule has 1 atom stereocenters. The molecule has 0 aromatic heterocycles. The van der Waals surface area contributed by atoms with E-state index in [1.54, 1.807) is 0 Å². The second-order valence-corrected chi connectivity index (χ2v) is 8.73. The van der Waals surface area contributed by atoms with E-state index in [1.165, 1.54) is 64.2 Å². The molecule has 0 spiro atoms. The van der Waals surface area contributed by atoms with Crippen LogP contribution in [0, 0.1) is 5.92 Å². The fourth-order valence-corrected chi connectivity index (χ4v) is 5.90. The minimum absolute atomic E-state index is 0.756. The third kappa shape index (κ3) is 5.70. The predicted octanol–water partition coefficient (Wildman–Crippen LogP) is 4.73. The third-order valence-corrected chi connectivity index (χ3v) is 7.40. The van der Waals surface area contributed by atoms with Gasteiger partial charge >= 0.3 is 9.28 Å². The van der Waals surface area contributed by atoms with E-state index in [-0.39, 0.29) is 0 Å². The van der Waals surface area contributed by atoms with Crippen LogP contribution in [0.4, 0.5) is 0 Å². The first-order valence-electron chi connectivity index (χ1n) is 8.80. The number of rotatable bonds is 7. The molecule has 0 aromatic rings. The minimum atomic E-state index is -1.44. The van der Waals surface area contributed by atoms with E-state index in [1.807, 2.05) is 0 Å². The summed E-state index contributed by atoms with van der Waals surface area (Å²) in [4.78, 5) is 0. The summed E-state index contributed by atoms with van der Waals surface area (Å²) in [6.45, 7) is 3.70. The number of allylic oxidation sites excluding steroid dienone is 1. The van der Waals surface area contributed by atoms with Gasteiger partial charge in [-0.25, -0.2) is 0 Å². The average Bonchev–Trinajstić information content (AvgIpc) is 2.52. The van der Waals surface area contributed by atoms with E-state index in [0.717, 1.165) is 24.7 Å². The van der Waals surface area contributed by atoms with E-state index in [9.17, 15) is 0 Å². The lowest BCUT2D eigenvalue weighted by atomic mass is 9.89. The molecule has 0 N–H and O–H groups in total. The van der Waals surface area contributed by atoms with Crippen molar-refractivity contribution in [3.63, 3.8) is 0 Å². The lowest BCUT2D eigenvalue weighted by Crippen LogP contribution is -2.30. The van der Waals surface area contributed by atoms with Crippen molar-refractivity contribution in [2.45, 2.75) is 76.7 Å². The minimum Gasteiger partial charge on any atom is -0.397 e. The Morgan fingerprint density at radius 2 is 1.55 bits per heavy atom. The Morgan fingerprint density at radius 3 is 2.20 bits per heavy atom. The number of hydrogen-bond donors (Lipinski definition) is 0. The van der Waals surface area contributed by atoms with Gasteiger partial charge in [-0.1, -0.05) is 50.7 Å². The summed E-state index contributed by atoms with van der Waals surface area (Å²) in [5.41, 5.74) is 0.756. The van der Waals surface area contributed by atoms with Crippen molar-refractivity contribution in [2.75, 3.05) is 13.2 Å². The Hall–Kier alpha value is -0.123. The molecule has 20 heavy (non-hydrogen) atoms. The lowest BCUT2D eigenvalue weighted by molar-refractivity contribution is 0.203. The van der Waals surface area contributed by atoms with Gasteiger partial charge in [0.1, 0.15) is 0 Å². The van der Waals surface area contributed by atoms with E-state index < -0.39 is 9.28 Å². The first kappa shape index (κ1) is 16.3. The fourth-order valence-electron chi connectivity index (χ4n) is 3.62. The Bertz CT molecular complexity index is 268. The van der Waals surface area contributed by atoms with Gasteiger partial charge in [-0.3, -0.25) is 0 Å². The Kier molecular flexibility index (Phi) is 7.92. The summed E-state index contributed by atoms with van der Waals surface area (Å²) in [5, 5.41) is 0. The second kappa shape index (κ2) is 9.75. The van der Waals surface area contributed by atoms with Gasteiger partial charge in [0.05, 0.1) is 6.61 Å². The summed E-state index contributed by atoms with van der Waals surface area (Å²) in [5.74, 6) is 0.814. The predicted molar refractivity (Wildman–Crippen MR) is 87.3 cm³/mol. The monoisotopic (exact) mass is 296 g/mol. The van der Waals surface area contributed by atoms with Crippen LogP contribution in [0.25, 0.3) is 0 Å². The molecule has 2 aliphatic carbocycles. The molecule has 0 aliphatic heterocycles. The quantitative estimate of drug-likeness (QED) is 0.499. The normalized spacial score (nSPS) is 24.2. The van der Waals surface area contributed by atoms with Crippen LogP contribution in [0.2, 0.25) is 5.54 Å². The third-order valence-electron chi connectivity index (χ3n) is 4.78. The van der Waals surface area contributed by atoms with Crippen LogP contribution >= 0.6 is 0 Å². The molecule has 0 radical (unpaired) electrons. The highest BCUT2D eigenvalue weighted by Gasteiger charge is 2.27. The van der Waals surface area contributed by atoms with Crippen LogP contribution in [0.1, 0.15) is 71.1 Å². The molecule has 1 unspecified atom stereocenters. The molecule has 2 nitrogen and oxygen atoms in total. The summed E-state index contributed by atoms with van der Waals surface area (Å²) < 4.78 is 12.1. The second-order valence-electron chi connectivity index (χ2n) is 6.38. The molecule has 2 saturated carbocycles. The van der Waals surface area contributed by atoms with E-state index in [4.69, 9.17) is 8.85 Å². The van der Waals surface area contributed by atoms with E-state index in [2.05, 4.69) is 19.1 Å². The maximum atomic E-state index is 6.14. The smallest absolute Gasteiger partial charge is 0.324 e. The lowest BCUT2D eigenvalue weighted by Gasteiger charge is -2.27. The average molecular weight is 297 g/mol. The summed E-state index contributed by atoms with van der Waals surface area (Å²) >= 11 is 0. The summed E-state index contributed by atoms with van der Waals surface area (Å²) in [6, 6.07) is 0. The topological polar surface area (TPSA) is 18.5 Å². The molecule has 2 rings (SSSR count). The van der Waals surface area contributed by atoms with Gasteiger partial charge < -0.3 is 8.85 Å². The van der Waals surface area contributed by atoms with Crippen LogP contribution in [-0.2, 0) is 8.85 Å². The molecule has 0 heterocycles. The van der Waals surface area contributed by atoms with Gasteiger partial charge in [-0.05, 0) is 44.1 Å². The van der Waals surface area contributed by atoms with Crippen molar-refractivity contribution in [3.8, 4) is 0 Å². The molecule has 3 heteroatoms. The van der Waals surface area contributed by atoms with Gasteiger partial charge in [0.2, 0.25) is 0 Å². The molecule has 0 bridgehead atoms. The van der Waals surface area contributed by atoms with Crippen LogP contribution in [0.5, 0.6) is 0 Å². The van der Waals surface area contributed by atoms with E-state index >= 15 is 0 Å². The SMILES string of the molecule is CCO[SiH](OCC=CC1CCCCC1)C1CCCCC1. The molecular formula is C17H32O2Si. The molecule has 116 valence electrons. The summed E-state index contributed by atoms with van der Waals surface area (Å²) in [6.07, 6.45) is 18.5. The van der Waals surface area contributed by atoms with E-state index in [0.29, 0.717) is 0 Å². The van der Waals surface area contributed by atoms with Gasteiger partial charge in [0, 0.05) is 6.61 Å². The van der Waals surface area contributed by atoms with Crippen LogP contribution in [-0.4, -0.2) is 22.5 Å². The number of hydrogen-bond acceptors (Lipinski definition) is 2. The van der Waals surface area contributed by atoms with Gasteiger partial charge in [0.15, 0.2) is 0 Å². The van der Waals surface area contributed by atoms with Crippen molar-refractivity contribution in [1.82, 2.24) is 0 Å². The highest BCUT2D eigenvalue weighted by atomic mass is 28.3. The zero-order valence-electron chi connectivity index (χ0n) is 13.2. The van der Waals surface area contributed by atoms with Crippen molar-refractivity contribution >= 4 is 9.28 Å². The fraction of sp³-hybridized carbons (Fsp3) is 0.882. The van der Waals surface area contributed by atoms with Gasteiger partial charge in [0.25, 0.3) is 0 Å². The first-order valence-corrected chi connectivity index (χ1v) is 10.4. The van der Waals surface area contributed by atoms with Gasteiger partial charge in [-0.2, -0.15) is 0 Å². The standard InChI is InChI=1S/C17H32O2Si/c1-2-18-20(17-13-7-4-8-14-17)19-15-9-12-16-10-5-3-6-11-16/h9,12,16-17,20H,2-8,10-11,13-15H2,1H3. The molecule has 0 saturated heterocycles. The molecular weight excluding hydrogens is 264 g/mol. The largest absolute Gasteiger partial charge is 0.397 e. The maximum absolute atomic E-state index is 6.14. The molecule has 0 amide bonds. The zero-order chi connectivity index (χ0) is 14.0. The first-order chi connectivity index (χ1) is 9.90. The highest BCUT2D eigenvalue weighted by molar-refractivity contribution is 6.46.